The van der Waals surface area contributed by atoms with Gasteiger partial charge in [-0.1, -0.05) is 30.3 Å². The molecule has 158 valence electrons. The Bertz CT molecular complexity index is 924. The van der Waals surface area contributed by atoms with Gasteiger partial charge in [-0.15, -0.1) is 0 Å². The maximum atomic E-state index is 14.1. The second-order valence-electron chi connectivity index (χ2n) is 8.28. The van der Waals surface area contributed by atoms with E-state index in [4.69, 9.17) is 0 Å². The van der Waals surface area contributed by atoms with E-state index in [1.807, 2.05) is 28.0 Å². The van der Waals surface area contributed by atoms with Crippen molar-refractivity contribution in [3.05, 3.63) is 54.3 Å². The monoisotopic (exact) mass is 409 g/mol. The van der Waals surface area contributed by atoms with Crippen LogP contribution in [0.2, 0.25) is 0 Å². The van der Waals surface area contributed by atoms with Crippen LogP contribution in [0.25, 0.3) is 11.1 Å². The molecule has 2 aromatic rings. The standard InChI is InChI=1S/C24H28FN3O2/c1-17-6-5-13-28(17)24(30)27-14-11-18(12-15-27)23(29)26-20-8-4-7-19(16-20)21-9-2-3-10-22(21)25/h2-4,7-10,16-18H,5-6,11-15H2,1H3,(H,26,29). The second-order valence-corrected chi connectivity index (χ2v) is 8.28. The number of amides is 3. The van der Waals surface area contributed by atoms with Crippen LogP contribution in [0.1, 0.15) is 32.6 Å². The third kappa shape index (κ3) is 4.32. The van der Waals surface area contributed by atoms with Crippen LogP contribution in [-0.4, -0.2) is 47.4 Å². The first kappa shape index (κ1) is 20.4. The van der Waals surface area contributed by atoms with E-state index in [9.17, 15) is 14.0 Å². The highest BCUT2D eigenvalue weighted by molar-refractivity contribution is 5.93. The molecule has 30 heavy (non-hydrogen) atoms. The third-order valence-corrected chi connectivity index (χ3v) is 6.25. The van der Waals surface area contributed by atoms with Crippen molar-refractivity contribution in [3.8, 4) is 11.1 Å². The minimum atomic E-state index is -0.287. The van der Waals surface area contributed by atoms with E-state index < -0.39 is 0 Å². The molecule has 0 aliphatic carbocycles. The van der Waals surface area contributed by atoms with Crippen molar-refractivity contribution in [2.24, 2.45) is 5.92 Å². The Morgan fingerprint density at radius 1 is 1.00 bits per heavy atom. The first-order valence-electron chi connectivity index (χ1n) is 10.7. The van der Waals surface area contributed by atoms with E-state index >= 15 is 0 Å². The molecule has 2 saturated heterocycles. The van der Waals surface area contributed by atoms with Gasteiger partial charge in [0, 0.05) is 42.8 Å². The number of nitrogens with zero attached hydrogens (tertiary/aromatic N) is 2. The Balaban J connectivity index is 1.35. The SMILES string of the molecule is CC1CCCN1C(=O)N1CCC(C(=O)Nc2cccc(-c3ccccc3F)c2)CC1. The Labute approximate surface area is 176 Å². The number of piperidine rings is 1. The molecule has 1 N–H and O–H groups in total. The highest BCUT2D eigenvalue weighted by Crippen LogP contribution is 2.27. The number of benzene rings is 2. The number of anilines is 1. The Kier molecular flexibility index (Phi) is 6.02. The number of likely N-dealkylation sites (tertiary alicyclic amines) is 2. The molecule has 2 aliphatic heterocycles. The molecule has 3 amide bonds. The fraction of sp³-hybridized carbons (Fsp3) is 0.417. The topological polar surface area (TPSA) is 52.7 Å². The van der Waals surface area contributed by atoms with Gasteiger partial charge in [-0.2, -0.15) is 0 Å². The van der Waals surface area contributed by atoms with E-state index in [2.05, 4.69) is 12.2 Å². The van der Waals surface area contributed by atoms with Crippen molar-refractivity contribution in [1.82, 2.24) is 9.80 Å². The molecule has 2 aromatic carbocycles. The van der Waals surface area contributed by atoms with Gasteiger partial charge in [0.15, 0.2) is 0 Å². The summed E-state index contributed by atoms with van der Waals surface area (Å²) in [6.45, 7) is 4.14. The van der Waals surface area contributed by atoms with Crippen molar-refractivity contribution in [3.63, 3.8) is 0 Å². The summed E-state index contributed by atoms with van der Waals surface area (Å²) >= 11 is 0. The number of hydrogen-bond donors (Lipinski definition) is 1. The van der Waals surface area contributed by atoms with Crippen LogP contribution in [0.5, 0.6) is 0 Å². The molecule has 1 atom stereocenters. The Morgan fingerprint density at radius 2 is 1.77 bits per heavy atom. The molecule has 0 saturated carbocycles. The van der Waals surface area contributed by atoms with Crippen molar-refractivity contribution in [1.29, 1.82) is 0 Å². The molecule has 4 rings (SSSR count). The van der Waals surface area contributed by atoms with Gasteiger partial charge < -0.3 is 15.1 Å². The van der Waals surface area contributed by atoms with Crippen molar-refractivity contribution in [2.75, 3.05) is 25.0 Å². The summed E-state index contributed by atoms with van der Waals surface area (Å²) in [5, 5.41) is 2.97. The van der Waals surface area contributed by atoms with E-state index in [1.165, 1.54) is 6.07 Å². The van der Waals surface area contributed by atoms with Crippen LogP contribution < -0.4 is 5.32 Å². The van der Waals surface area contributed by atoms with Gasteiger partial charge in [0.2, 0.25) is 5.91 Å². The minimum Gasteiger partial charge on any atom is -0.326 e. The third-order valence-electron chi connectivity index (χ3n) is 6.25. The molecule has 2 heterocycles. The van der Waals surface area contributed by atoms with Gasteiger partial charge in [-0.3, -0.25) is 4.79 Å². The zero-order chi connectivity index (χ0) is 21.1. The molecule has 0 bridgehead atoms. The molecular weight excluding hydrogens is 381 g/mol. The lowest BCUT2D eigenvalue weighted by Crippen LogP contribution is -2.48. The Hall–Kier alpha value is -2.89. The van der Waals surface area contributed by atoms with Gasteiger partial charge in [0.1, 0.15) is 5.82 Å². The van der Waals surface area contributed by atoms with Crippen LogP contribution in [0.4, 0.5) is 14.9 Å². The molecule has 0 aromatic heterocycles. The number of halogens is 1. The minimum absolute atomic E-state index is 0.0395. The van der Waals surface area contributed by atoms with E-state index in [0.29, 0.717) is 43.2 Å². The molecule has 0 spiro atoms. The number of rotatable bonds is 3. The summed E-state index contributed by atoms with van der Waals surface area (Å²) < 4.78 is 14.1. The average Bonchev–Trinajstić information content (AvgIpc) is 3.19. The van der Waals surface area contributed by atoms with Gasteiger partial charge in [-0.05, 0) is 56.4 Å². The van der Waals surface area contributed by atoms with Crippen LogP contribution in [-0.2, 0) is 4.79 Å². The van der Waals surface area contributed by atoms with Crippen LogP contribution >= 0.6 is 0 Å². The lowest BCUT2D eigenvalue weighted by Gasteiger charge is -2.35. The summed E-state index contributed by atoms with van der Waals surface area (Å²) in [6.07, 6.45) is 3.45. The fourth-order valence-electron chi connectivity index (χ4n) is 4.44. The van der Waals surface area contributed by atoms with Crippen LogP contribution in [0.15, 0.2) is 48.5 Å². The van der Waals surface area contributed by atoms with E-state index in [-0.39, 0.29) is 23.7 Å². The maximum Gasteiger partial charge on any atom is 0.320 e. The quantitative estimate of drug-likeness (QED) is 0.796. The zero-order valence-electron chi connectivity index (χ0n) is 17.3. The summed E-state index contributed by atoms with van der Waals surface area (Å²) in [5.74, 6) is -0.449. The number of carbonyl (C=O) groups is 2. The molecule has 5 nitrogen and oxygen atoms in total. The predicted molar refractivity (Wildman–Crippen MR) is 116 cm³/mol. The normalized spacial score (nSPS) is 19.7. The van der Waals surface area contributed by atoms with Gasteiger partial charge in [0.05, 0.1) is 0 Å². The Morgan fingerprint density at radius 3 is 2.47 bits per heavy atom. The van der Waals surface area contributed by atoms with Crippen molar-refractivity contribution < 1.29 is 14.0 Å². The highest BCUT2D eigenvalue weighted by atomic mass is 19.1. The smallest absolute Gasteiger partial charge is 0.320 e. The van der Waals surface area contributed by atoms with Gasteiger partial charge in [0.25, 0.3) is 0 Å². The van der Waals surface area contributed by atoms with E-state index in [0.717, 1.165) is 24.9 Å². The number of urea groups is 1. The zero-order valence-corrected chi connectivity index (χ0v) is 17.3. The maximum absolute atomic E-state index is 14.1. The van der Waals surface area contributed by atoms with Gasteiger partial charge >= 0.3 is 6.03 Å². The summed E-state index contributed by atoms with van der Waals surface area (Å²) in [5.41, 5.74) is 1.90. The lowest BCUT2D eigenvalue weighted by molar-refractivity contribution is -0.121. The van der Waals surface area contributed by atoms with Crippen LogP contribution in [0, 0.1) is 11.7 Å². The number of hydrogen-bond acceptors (Lipinski definition) is 2. The summed E-state index contributed by atoms with van der Waals surface area (Å²) in [7, 11) is 0. The summed E-state index contributed by atoms with van der Waals surface area (Å²) in [6, 6.07) is 14.3. The molecule has 1 unspecified atom stereocenters. The number of nitrogens with one attached hydrogen (secondary N) is 1. The van der Waals surface area contributed by atoms with Gasteiger partial charge in [-0.25, -0.2) is 9.18 Å². The first-order chi connectivity index (χ1) is 14.5. The molecule has 6 heteroatoms. The molecule has 2 fully saturated rings. The van der Waals surface area contributed by atoms with Crippen molar-refractivity contribution >= 4 is 17.6 Å². The van der Waals surface area contributed by atoms with Crippen LogP contribution in [0.3, 0.4) is 0 Å². The molecule has 2 aliphatic rings. The van der Waals surface area contributed by atoms with E-state index in [1.54, 1.807) is 24.3 Å². The number of carbonyl (C=O) groups excluding carboxylic acids is 2. The fourth-order valence-corrected chi connectivity index (χ4v) is 4.44. The predicted octanol–water partition coefficient (Wildman–Crippen LogP) is 4.75. The molecular formula is C24H28FN3O2. The lowest BCUT2D eigenvalue weighted by atomic mass is 9.95. The average molecular weight is 410 g/mol. The first-order valence-corrected chi connectivity index (χ1v) is 10.7. The highest BCUT2D eigenvalue weighted by Gasteiger charge is 2.32. The molecule has 0 radical (unpaired) electrons. The largest absolute Gasteiger partial charge is 0.326 e. The second kappa shape index (κ2) is 8.86. The summed E-state index contributed by atoms with van der Waals surface area (Å²) in [4.78, 5) is 29.3. The van der Waals surface area contributed by atoms with Crippen molar-refractivity contribution in [2.45, 2.75) is 38.6 Å².